The van der Waals surface area contributed by atoms with Gasteiger partial charge in [0.1, 0.15) is 17.2 Å². The number of amides is 3. The van der Waals surface area contributed by atoms with Gasteiger partial charge in [-0.3, -0.25) is 9.69 Å². The first kappa shape index (κ1) is 34.9. The number of hydrogen-bond acceptors (Lipinski definition) is 7. The molecule has 16 heteroatoms. The summed E-state index contributed by atoms with van der Waals surface area (Å²) in [7, 11) is 2.02. The maximum atomic E-state index is 13.0. The van der Waals surface area contributed by atoms with E-state index in [1.54, 1.807) is 0 Å². The van der Waals surface area contributed by atoms with E-state index in [9.17, 15) is 35.9 Å². The number of ether oxygens (including phenoxy) is 3. The van der Waals surface area contributed by atoms with E-state index >= 15 is 0 Å². The van der Waals surface area contributed by atoms with Crippen LogP contribution in [-0.2, 0) is 0 Å². The summed E-state index contributed by atoms with van der Waals surface area (Å²) in [6.45, 7) is 2.80. The lowest BCUT2D eigenvalue weighted by atomic mass is 9.93. The van der Waals surface area contributed by atoms with E-state index in [4.69, 9.17) is 9.47 Å². The molecule has 1 aliphatic carbocycles. The average Bonchev–Trinajstić information content (AvgIpc) is 2.98. The van der Waals surface area contributed by atoms with E-state index in [0.29, 0.717) is 32.2 Å². The number of halogens is 6. The first-order valence-electron chi connectivity index (χ1n) is 14.8. The SMILES string of the molecule is CN1CCN(CCNC(=O)c2cc(OC3CCC(NC(=O)Nc4cccc(OCC(F)(F)F)c4)CC3)ccc2OC(F)(F)F)CC1. The van der Waals surface area contributed by atoms with Crippen LogP contribution in [0.2, 0.25) is 0 Å². The third-order valence-corrected chi connectivity index (χ3v) is 7.54. The molecule has 4 rings (SSSR count). The molecule has 2 aromatic carbocycles. The molecular weight excluding hydrogens is 624 g/mol. The van der Waals surface area contributed by atoms with Gasteiger partial charge < -0.3 is 35.1 Å². The summed E-state index contributed by atoms with van der Waals surface area (Å²) in [5.41, 5.74) is -0.0422. The molecule has 0 unspecified atom stereocenters. The van der Waals surface area contributed by atoms with Crippen LogP contribution in [0, 0.1) is 0 Å². The zero-order chi connectivity index (χ0) is 33.3. The molecule has 3 amide bonds. The largest absolute Gasteiger partial charge is 0.573 e. The summed E-state index contributed by atoms with van der Waals surface area (Å²) >= 11 is 0. The lowest BCUT2D eigenvalue weighted by Crippen LogP contribution is -2.46. The third kappa shape index (κ3) is 11.8. The Morgan fingerprint density at radius 1 is 0.913 bits per heavy atom. The lowest BCUT2D eigenvalue weighted by molar-refractivity contribution is -0.274. The quantitative estimate of drug-likeness (QED) is 0.291. The minimum Gasteiger partial charge on any atom is -0.490 e. The number of rotatable bonds is 11. The minimum absolute atomic E-state index is 0.0444. The highest BCUT2D eigenvalue weighted by Crippen LogP contribution is 2.32. The average molecular weight is 662 g/mol. The van der Waals surface area contributed by atoms with Crippen molar-refractivity contribution in [3.63, 3.8) is 0 Å². The monoisotopic (exact) mass is 661 g/mol. The highest BCUT2D eigenvalue weighted by Gasteiger charge is 2.33. The van der Waals surface area contributed by atoms with E-state index in [1.165, 1.54) is 36.4 Å². The Bertz CT molecular complexity index is 1310. The molecule has 2 aliphatic rings. The Morgan fingerprint density at radius 2 is 1.63 bits per heavy atom. The van der Waals surface area contributed by atoms with Crippen LogP contribution < -0.4 is 30.2 Å². The van der Waals surface area contributed by atoms with Crippen molar-refractivity contribution in [2.24, 2.45) is 0 Å². The van der Waals surface area contributed by atoms with Crippen LogP contribution in [0.5, 0.6) is 17.2 Å². The van der Waals surface area contributed by atoms with Gasteiger partial charge in [0.2, 0.25) is 0 Å². The first-order valence-corrected chi connectivity index (χ1v) is 14.8. The second-order valence-corrected chi connectivity index (χ2v) is 11.2. The maximum absolute atomic E-state index is 13.0. The van der Waals surface area contributed by atoms with Crippen LogP contribution in [0.1, 0.15) is 36.0 Å². The number of urea groups is 1. The Morgan fingerprint density at radius 3 is 2.30 bits per heavy atom. The number of anilines is 1. The number of piperazine rings is 1. The normalized spacial score (nSPS) is 19.6. The van der Waals surface area contributed by atoms with Crippen LogP contribution in [0.3, 0.4) is 0 Å². The number of benzene rings is 2. The molecule has 254 valence electrons. The molecule has 0 aromatic heterocycles. The van der Waals surface area contributed by atoms with Gasteiger partial charge in [-0.05, 0) is 63.1 Å². The van der Waals surface area contributed by atoms with Crippen LogP contribution in [0.25, 0.3) is 0 Å². The Hall–Kier alpha value is -3.92. The van der Waals surface area contributed by atoms with Crippen molar-refractivity contribution in [2.45, 2.75) is 50.4 Å². The van der Waals surface area contributed by atoms with Gasteiger partial charge in [0.25, 0.3) is 5.91 Å². The summed E-state index contributed by atoms with van der Waals surface area (Å²) in [5.74, 6) is -1.18. The molecule has 1 saturated carbocycles. The number of hydrogen-bond donors (Lipinski definition) is 3. The predicted molar refractivity (Wildman–Crippen MR) is 156 cm³/mol. The summed E-state index contributed by atoms with van der Waals surface area (Å²) in [4.78, 5) is 29.8. The van der Waals surface area contributed by atoms with Gasteiger partial charge in [-0.1, -0.05) is 6.07 Å². The second-order valence-electron chi connectivity index (χ2n) is 11.2. The van der Waals surface area contributed by atoms with Crippen molar-refractivity contribution in [1.29, 1.82) is 0 Å². The molecule has 0 atom stereocenters. The fourth-order valence-corrected chi connectivity index (χ4v) is 5.17. The second kappa shape index (κ2) is 15.6. The minimum atomic E-state index is -4.99. The van der Waals surface area contributed by atoms with Gasteiger partial charge in [0.05, 0.1) is 11.7 Å². The first-order chi connectivity index (χ1) is 21.7. The zero-order valence-electron chi connectivity index (χ0n) is 25.2. The molecule has 0 spiro atoms. The van der Waals surface area contributed by atoms with Crippen LogP contribution in [-0.4, -0.2) is 99.3 Å². The molecule has 1 aliphatic heterocycles. The molecule has 10 nitrogen and oxygen atoms in total. The maximum Gasteiger partial charge on any atom is 0.573 e. The van der Waals surface area contributed by atoms with Crippen LogP contribution in [0.4, 0.5) is 36.8 Å². The lowest BCUT2D eigenvalue weighted by Gasteiger charge is -2.32. The third-order valence-electron chi connectivity index (χ3n) is 7.54. The number of likely N-dealkylation sites (N-methyl/N-ethyl adjacent to an activating group) is 1. The van der Waals surface area contributed by atoms with Gasteiger partial charge in [0.15, 0.2) is 6.61 Å². The number of alkyl halides is 6. The van der Waals surface area contributed by atoms with E-state index in [0.717, 1.165) is 32.2 Å². The van der Waals surface area contributed by atoms with Gasteiger partial charge >= 0.3 is 18.6 Å². The van der Waals surface area contributed by atoms with E-state index in [1.807, 2.05) is 7.05 Å². The smallest absolute Gasteiger partial charge is 0.490 e. The molecule has 0 radical (unpaired) electrons. The molecule has 46 heavy (non-hydrogen) atoms. The van der Waals surface area contributed by atoms with Gasteiger partial charge in [-0.15, -0.1) is 13.2 Å². The molecular formula is C30H37F6N5O5. The molecule has 2 fully saturated rings. The van der Waals surface area contributed by atoms with Gasteiger partial charge in [-0.25, -0.2) is 4.79 Å². The predicted octanol–water partition coefficient (Wildman–Crippen LogP) is 5.02. The molecule has 1 saturated heterocycles. The van der Waals surface area contributed by atoms with Crippen molar-refractivity contribution >= 4 is 17.6 Å². The number of carbonyl (C=O) groups is 2. The standard InChI is InChI=1S/C30H37F6N5O5/c1-40-13-15-41(16-14-40)12-11-37-27(42)25-18-24(9-10-26(25)46-30(34,35)36)45-22-7-5-20(6-8-22)38-28(43)39-21-3-2-4-23(17-21)44-19-29(31,32)33/h2-4,9-10,17-18,20,22H,5-8,11-16,19H2,1H3,(H,37,42)(H2,38,39,43). The van der Waals surface area contributed by atoms with E-state index in [2.05, 4.69) is 30.5 Å². The number of nitrogens with zero attached hydrogens (tertiary/aromatic N) is 2. The number of carbonyl (C=O) groups excluding carboxylic acids is 2. The van der Waals surface area contributed by atoms with E-state index < -0.39 is 36.8 Å². The molecule has 0 bridgehead atoms. The highest BCUT2D eigenvalue weighted by molar-refractivity contribution is 5.97. The Kier molecular flexibility index (Phi) is 11.8. The van der Waals surface area contributed by atoms with Crippen LogP contribution in [0.15, 0.2) is 42.5 Å². The fraction of sp³-hybridized carbons (Fsp3) is 0.533. The summed E-state index contributed by atoms with van der Waals surface area (Å²) in [6.07, 6.45) is -7.71. The fourth-order valence-electron chi connectivity index (χ4n) is 5.17. The topological polar surface area (TPSA) is 104 Å². The highest BCUT2D eigenvalue weighted by atomic mass is 19.4. The molecule has 2 aromatic rings. The Labute approximate surface area is 262 Å². The van der Waals surface area contributed by atoms with Crippen molar-refractivity contribution < 1.29 is 50.1 Å². The van der Waals surface area contributed by atoms with Crippen LogP contribution >= 0.6 is 0 Å². The van der Waals surface area contributed by atoms with Crippen molar-refractivity contribution in [2.75, 3.05) is 58.2 Å². The Balaban J connectivity index is 1.27. The van der Waals surface area contributed by atoms with Gasteiger partial charge in [0, 0.05) is 57.1 Å². The summed E-state index contributed by atoms with van der Waals surface area (Å²) < 4.78 is 91.2. The summed E-state index contributed by atoms with van der Waals surface area (Å²) in [6, 6.07) is 8.44. The van der Waals surface area contributed by atoms with Crippen molar-refractivity contribution in [3.8, 4) is 17.2 Å². The molecule has 3 N–H and O–H groups in total. The van der Waals surface area contributed by atoms with Crippen molar-refractivity contribution in [1.82, 2.24) is 20.4 Å². The molecule has 1 heterocycles. The summed E-state index contributed by atoms with van der Waals surface area (Å²) in [5, 5.41) is 8.07. The number of nitrogens with one attached hydrogen (secondary N) is 3. The zero-order valence-corrected chi connectivity index (χ0v) is 25.2. The van der Waals surface area contributed by atoms with Gasteiger partial charge in [-0.2, -0.15) is 13.2 Å². The van der Waals surface area contributed by atoms with Crippen molar-refractivity contribution in [3.05, 3.63) is 48.0 Å². The van der Waals surface area contributed by atoms with E-state index in [-0.39, 0.29) is 41.4 Å².